The molecule has 0 bridgehead atoms. The number of thioether (sulfide) groups is 1. The minimum absolute atomic E-state index is 0.0803. The van der Waals surface area contributed by atoms with Crippen LogP contribution in [0, 0.1) is 0 Å². The normalized spacial score (nSPS) is 20.8. The van der Waals surface area contributed by atoms with Crippen LogP contribution < -0.4 is 5.32 Å². The topological polar surface area (TPSA) is 52.7 Å². The van der Waals surface area contributed by atoms with Gasteiger partial charge < -0.3 is 15.1 Å². The zero-order chi connectivity index (χ0) is 17.6. The molecule has 25 heavy (non-hydrogen) atoms. The molecule has 1 atom stereocenters. The number of nitrogens with zero attached hydrogens (tertiary/aromatic N) is 2. The van der Waals surface area contributed by atoms with Gasteiger partial charge in [0.15, 0.2) is 0 Å². The fraction of sp³-hybridized carbons (Fsp3) is 0.579. The molecule has 2 fully saturated rings. The van der Waals surface area contributed by atoms with E-state index in [0.717, 1.165) is 62.3 Å². The van der Waals surface area contributed by atoms with Crippen LogP contribution in [0.25, 0.3) is 0 Å². The molecule has 0 spiro atoms. The first-order chi connectivity index (χ1) is 12.2. The van der Waals surface area contributed by atoms with E-state index in [2.05, 4.69) is 5.32 Å². The van der Waals surface area contributed by atoms with Gasteiger partial charge in [-0.3, -0.25) is 9.59 Å². The molecule has 136 valence electrons. The fourth-order valence-corrected chi connectivity index (χ4v) is 4.48. The van der Waals surface area contributed by atoms with Crippen LogP contribution in [0.4, 0.5) is 0 Å². The summed E-state index contributed by atoms with van der Waals surface area (Å²) in [6.45, 7) is 3.31. The monoisotopic (exact) mass is 361 g/mol. The molecular weight excluding hydrogens is 334 g/mol. The molecule has 3 rings (SSSR count). The lowest BCUT2D eigenvalue weighted by Gasteiger charge is -2.33. The van der Waals surface area contributed by atoms with Crippen molar-refractivity contribution in [2.75, 3.05) is 39.0 Å². The summed E-state index contributed by atoms with van der Waals surface area (Å²) < 4.78 is 0. The summed E-state index contributed by atoms with van der Waals surface area (Å²) in [5.41, 5.74) is 0.721. The number of rotatable bonds is 5. The highest BCUT2D eigenvalue weighted by atomic mass is 32.2. The third kappa shape index (κ3) is 4.55. The van der Waals surface area contributed by atoms with Gasteiger partial charge in [0.2, 0.25) is 5.91 Å². The van der Waals surface area contributed by atoms with Crippen molar-refractivity contribution < 1.29 is 9.59 Å². The van der Waals surface area contributed by atoms with Crippen LogP contribution in [-0.4, -0.2) is 66.6 Å². The molecular formula is C19H27N3O2S. The lowest BCUT2D eigenvalue weighted by Crippen LogP contribution is -2.47. The molecule has 6 heteroatoms. The van der Waals surface area contributed by atoms with Gasteiger partial charge in [-0.1, -0.05) is 12.1 Å². The molecule has 1 aromatic carbocycles. The number of carbonyl (C=O) groups is 2. The lowest BCUT2D eigenvalue weighted by atomic mass is 10.0. The van der Waals surface area contributed by atoms with E-state index >= 15 is 0 Å². The zero-order valence-corrected chi connectivity index (χ0v) is 15.7. The Hall–Kier alpha value is -1.53. The van der Waals surface area contributed by atoms with Crippen LogP contribution in [0.3, 0.4) is 0 Å². The van der Waals surface area contributed by atoms with Gasteiger partial charge in [0.25, 0.3) is 5.91 Å². The van der Waals surface area contributed by atoms with Crippen LogP contribution >= 0.6 is 11.8 Å². The van der Waals surface area contributed by atoms with E-state index in [1.165, 1.54) is 11.8 Å². The molecule has 1 N–H and O–H groups in total. The van der Waals surface area contributed by atoms with E-state index < -0.39 is 0 Å². The molecule has 2 heterocycles. The molecule has 5 nitrogen and oxygen atoms in total. The van der Waals surface area contributed by atoms with Crippen LogP contribution in [0.1, 0.15) is 36.0 Å². The minimum Gasteiger partial charge on any atom is -0.342 e. The number of benzene rings is 1. The summed E-state index contributed by atoms with van der Waals surface area (Å²) >= 11 is 1.49. The maximum absolute atomic E-state index is 13.0. The highest BCUT2D eigenvalue weighted by Crippen LogP contribution is 2.26. The van der Waals surface area contributed by atoms with E-state index in [-0.39, 0.29) is 11.8 Å². The van der Waals surface area contributed by atoms with Gasteiger partial charge in [0, 0.05) is 37.1 Å². The first-order valence-electron chi connectivity index (χ1n) is 9.15. The summed E-state index contributed by atoms with van der Waals surface area (Å²) in [4.78, 5) is 30.0. The van der Waals surface area contributed by atoms with Crippen molar-refractivity contribution in [3.63, 3.8) is 0 Å². The highest BCUT2D eigenvalue weighted by molar-refractivity contribution is 8.00. The molecule has 0 radical (unpaired) electrons. The molecule has 0 aliphatic carbocycles. The number of likely N-dealkylation sites (N-methyl/N-ethyl adjacent to an activating group) is 1. The van der Waals surface area contributed by atoms with Crippen LogP contribution in [0.5, 0.6) is 0 Å². The Morgan fingerprint density at radius 1 is 1.12 bits per heavy atom. The summed E-state index contributed by atoms with van der Waals surface area (Å²) in [6.07, 6.45) is 4.35. The minimum atomic E-state index is 0.0803. The second kappa shape index (κ2) is 8.72. The first-order valence-corrected chi connectivity index (χ1v) is 10.1. The molecule has 2 saturated heterocycles. The number of piperidine rings is 1. The van der Waals surface area contributed by atoms with Crippen molar-refractivity contribution in [3.8, 4) is 0 Å². The zero-order valence-electron chi connectivity index (χ0n) is 14.9. The first kappa shape index (κ1) is 18.3. The SMILES string of the molecule is CNC1CCCN(C(=O)c2ccccc2SCC(=O)N2CCCC2)C1. The van der Waals surface area contributed by atoms with Crippen molar-refractivity contribution >= 4 is 23.6 Å². The Morgan fingerprint density at radius 2 is 1.84 bits per heavy atom. The molecule has 0 saturated carbocycles. The van der Waals surface area contributed by atoms with Crippen LogP contribution in [0.15, 0.2) is 29.2 Å². The maximum Gasteiger partial charge on any atom is 0.255 e. The van der Waals surface area contributed by atoms with Gasteiger partial charge in [-0.2, -0.15) is 0 Å². The average molecular weight is 362 g/mol. The number of hydrogen-bond acceptors (Lipinski definition) is 4. The van der Waals surface area contributed by atoms with E-state index in [1.54, 1.807) is 0 Å². The standard InChI is InChI=1S/C19H27N3O2S/c1-20-15-7-6-12-22(13-15)19(24)16-8-2-3-9-17(16)25-14-18(23)21-10-4-5-11-21/h2-3,8-9,15,20H,4-7,10-14H2,1H3. The van der Waals surface area contributed by atoms with Gasteiger partial charge in [-0.05, 0) is 44.9 Å². The Balaban J connectivity index is 1.65. The molecule has 0 aromatic heterocycles. The van der Waals surface area contributed by atoms with Crippen molar-refractivity contribution in [1.82, 2.24) is 15.1 Å². The molecule has 1 unspecified atom stereocenters. The third-order valence-corrected chi connectivity index (χ3v) is 6.10. The summed E-state index contributed by atoms with van der Waals surface area (Å²) in [6, 6.07) is 8.04. The number of nitrogens with one attached hydrogen (secondary N) is 1. The smallest absolute Gasteiger partial charge is 0.255 e. The Kier molecular flexibility index (Phi) is 6.37. The summed E-state index contributed by atoms with van der Waals surface area (Å²) in [5.74, 6) is 0.665. The number of amides is 2. The maximum atomic E-state index is 13.0. The number of carbonyl (C=O) groups excluding carboxylic acids is 2. The van der Waals surface area contributed by atoms with E-state index in [1.807, 2.05) is 41.1 Å². The van der Waals surface area contributed by atoms with Crippen molar-refractivity contribution in [1.29, 1.82) is 0 Å². The average Bonchev–Trinajstić information content (AvgIpc) is 3.20. The van der Waals surface area contributed by atoms with Crippen molar-refractivity contribution in [2.45, 2.75) is 36.6 Å². The van der Waals surface area contributed by atoms with E-state index in [4.69, 9.17) is 0 Å². The van der Waals surface area contributed by atoms with Crippen LogP contribution in [-0.2, 0) is 4.79 Å². The molecule has 2 amide bonds. The Morgan fingerprint density at radius 3 is 2.60 bits per heavy atom. The predicted molar refractivity (Wildman–Crippen MR) is 101 cm³/mol. The second-order valence-corrected chi connectivity index (χ2v) is 7.77. The van der Waals surface area contributed by atoms with Crippen LogP contribution in [0.2, 0.25) is 0 Å². The number of hydrogen-bond donors (Lipinski definition) is 1. The summed E-state index contributed by atoms with van der Waals surface area (Å²) in [7, 11) is 1.95. The van der Waals surface area contributed by atoms with Gasteiger partial charge in [-0.15, -0.1) is 11.8 Å². The van der Waals surface area contributed by atoms with Crippen molar-refractivity contribution in [2.24, 2.45) is 0 Å². The molecule has 2 aliphatic rings. The fourth-order valence-electron chi connectivity index (χ4n) is 3.53. The van der Waals surface area contributed by atoms with Crippen molar-refractivity contribution in [3.05, 3.63) is 29.8 Å². The molecule has 2 aliphatic heterocycles. The van der Waals surface area contributed by atoms with E-state index in [9.17, 15) is 9.59 Å². The lowest BCUT2D eigenvalue weighted by molar-refractivity contribution is -0.127. The Bertz CT molecular complexity index is 616. The molecule has 1 aromatic rings. The quantitative estimate of drug-likeness (QED) is 0.817. The highest BCUT2D eigenvalue weighted by Gasteiger charge is 2.25. The predicted octanol–water partition coefficient (Wildman–Crippen LogP) is 2.23. The van der Waals surface area contributed by atoms with Gasteiger partial charge in [-0.25, -0.2) is 0 Å². The van der Waals surface area contributed by atoms with E-state index in [0.29, 0.717) is 11.8 Å². The van der Waals surface area contributed by atoms with Gasteiger partial charge >= 0.3 is 0 Å². The largest absolute Gasteiger partial charge is 0.342 e. The Labute approximate surface area is 154 Å². The van der Waals surface area contributed by atoms with Gasteiger partial charge in [0.1, 0.15) is 0 Å². The third-order valence-electron chi connectivity index (χ3n) is 5.04. The summed E-state index contributed by atoms with van der Waals surface area (Å²) in [5, 5.41) is 3.28. The van der Waals surface area contributed by atoms with Gasteiger partial charge in [0.05, 0.1) is 11.3 Å². The number of likely N-dealkylation sites (tertiary alicyclic amines) is 2. The second-order valence-electron chi connectivity index (χ2n) is 6.75.